The van der Waals surface area contributed by atoms with Crippen molar-refractivity contribution in [2.45, 2.75) is 6.54 Å². The highest BCUT2D eigenvalue weighted by molar-refractivity contribution is 5.35. The van der Waals surface area contributed by atoms with Crippen molar-refractivity contribution >= 4 is 5.95 Å². The maximum atomic E-state index is 5.78. The van der Waals surface area contributed by atoms with Gasteiger partial charge < -0.3 is 10.1 Å². The summed E-state index contributed by atoms with van der Waals surface area (Å²) in [4.78, 5) is 0. The molecule has 0 aliphatic rings. The third-order valence-corrected chi connectivity index (χ3v) is 3.37. The van der Waals surface area contributed by atoms with E-state index >= 15 is 0 Å². The van der Waals surface area contributed by atoms with Gasteiger partial charge in [-0.1, -0.05) is 40.5 Å². The van der Waals surface area contributed by atoms with E-state index in [0.717, 1.165) is 11.3 Å². The number of hydrogen-bond acceptors (Lipinski definition) is 8. The van der Waals surface area contributed by atoms with Gasteiger partial charge in [-0.05, 0) is 45.5 Å². The second-order valence-electron chi connectivity index (χ2n) is 5.04. The van der Waals surface area contributed by atoms with Crippen LogP contribution in [0.5, 0.6) is 11.8 Å². The molecule has 2 aromatic carbocycles. The number of H-pyrrole nitrogens is 1. The molecule has 25 heavy (non-hydrogen) atoms. The van der Waals surface area contributed by atoms with Crippen molar-refractivity contribution in [3.8, 4) is 17.4 Å². The van der Waals surface area contributed by atoms with E-state index in [1.54, 1.807) is 0 Å². The van der Waals surface area contributed by atoms with Crippen LogP contribution < -0.4 is 10.1 Å². The second-order valence-corrected chi connectivity index (χ2v) is 5.04. The summed E-state index contributed by atoms with van der Waals surface area (Å²) in [5, 5.41) is 28.1. The molecule has 2 N–H and O–H groups in total. The Kier molecular flexibility index (Phi) is 3.98. The van der Waals surface area contributed by atoms with Gasteiger partial charge in [-0.3, -0.25) is 0 Å². The largest absolute Gasteiger partial charge is 0.423 e. The maximum Gasteiger partial charge on any atom is 0.345 e. The summed E-state index contributed by atoms with van der Waals surface area (Å²) < 4.78 is 7.31. The molecule has 124 valence electrons. The van der Waals surface area contributed by atoms with Gasteiger partial charge >= 0.3 is 6.01 Å². The molecule has 0 aliphatic heterocycles. The Balaban J connectivity index is 1.44. The molecule has 0 aliphatic carbocycles. The molecule has 0 atom stereocenters. The van der Waals surface area contributed by atoms with Crippen LogP contribution in [0.3, 0.4) is 0 Å². The van der Waals surface area contributed by atoms with Crippen molar-refractivity contribution in [2.24, 2.45) is 0 Å². The number of tetrazole rings is 2. The van der Waals surface area contributed by atoms with Gasteiger partial charge in [0.25, 0.3) is 5.95 Å². The fourth-order valence-electron chi connectivity index (χ4n) is 2.17. The Morgan fingerprint density at radius 1 is 1.00 bits per heavy atom. The van der Waals surface area contributed by atoms with Crippen LogP contribution in [-0.4, -0.2) is 40.8 Å². The number of aromatic nitrogens is 8. The number of para-hydroxylation sites is 1. The van der Waals surface area contributed by atoms with Crippen LogP contribution >= 0.6 is 0 Å². The van der Waals surface area contributed by atoms with E-state index in [0.29, 0.717) is 24.3 Å². The molecular formula is C15H13N9O. The van der Waals surface area contributed by atoms with Crippen molar-refractivity contribution in [3.05, 3.63) is 60.2 Å². The number of aromatic amines is 1. The quantitative estimate of drug-likeness (QED) is 0.545. The van der Waals surface area contributed by atoms with Crippen molar-refractivity contribution in [1.82, 2.24) is 40.8 Å². The van der Waals surface area contributed by atoms with Crippen LogP contribution in [0.2, 0.25) is 0 Å². The first-order valence-electron chi connectivity index (χ1n) is 7.46. The molecule has 10 heteroatoms. The van der Waals surface area contributed by atoms with E-state index in [4.69, 9.17) is 4.74 Å². The van der Waals surface area contributed by atoms with Gasteiger partial charge in [-0.15, -0.1) is 5.10 Å². The van der Waals surface area contributed by atoms with Crippen molar-refractivity contribution in [2.75, 3.05) is 5.32 Å². The lowest BCUT2D eigenvalue weighted by atomic mass is 10.2. The van der Waals surface area contributed by atoms with Gasteiger partial charge in [0.1, 0.15) is 5.75 Å². The van der Waals surface area contributed by atoms with E-state index in [-0.39, 0.29) is 0 Å². The minimum absolute atomic E-state index is 0.295. The summed E-state index contributed by atoms with van der Waals surface area (Å²) in [6.45, 7) is 0.571. The third-order valence-electron chi connectivity index (χ3n) is 3.37. The van der Waals surface area contributed by atoms with Gasteiger partial charge in [-0.25, -0.2) is 0 Å². The molecule has 0 amide bonds. The average molecular weight is 335 g/mol. The summed E-state index contributed by atoms with van der Waals surface area (Å²) >= 11 is 0. The standard InChI is InChI=1S/C15H13N9O/c1-2-4-12(5-3-1)24-15(19-22-23-24)25-13-8-6-11(7-9-13)10-16-14-17-20-21-18-14/h1-9H,10H2,(H2,16,17,18,20,21). The Hall–Kier alpha value is -3.82. The van der Waals surface area contributed by atoms with Crippen LogP contribution in [0.1, 0.15) is 5.56 Å². The van der Waals surface area contributed by atoms with E-state index in [2.05, 4.69) is 41.5 Å². The molecule has 0 bridgehead atoms. The lowest BCUT2D eigenvalue weighted by molar-refractivity contribution is 0.427. The first kappa shape index (κ1) is 14.8. The Morgan fingerprint density at radius 3 is 2.60 bits per heavy atom. The van der Waals surface area contributed by atoms with E-state index in [1.807, 2.05) is 54.6 Å². The third kappa shape index (κ3) is 3.42. The van der Waals surface area contributed by atoms with Crippen LogP contribution in [-0.2, 0) is 6.54 Å². The van der Waals surface area contributed by atoms with E-state index in [1.165, 1.54) is 4.68 Å². The van der Waals surface area contributed by atoms with E-state index < -0.39 is 0 Å². The van der Waals surface area contributed by atoms with Crippen LogP contribution in [0.4, 0.5) is 5.95 Å². The molecular weight excluding hydrogens is 322 g/mol. The zero-order chi connectivity index (χ0) is 16.9. The van der Waals surface area contributed by atoms with Gasteiger partial charge in [0.2, 0.25) is 0 Å². The molecule has 0 spiro atoms. The van der Waals surface area contributed by atoms with E-state index in [9.17, 15) is 0 Å². The predicted octanol–water partition coefficient (Wildman–Crippen LogP) is 1.58. The fourth-order valence-corrected chi connectivity index (χ4v) is 2.17. The fraction of sp³-hybridized carbons (Fsp3) is 0.0667. The molecule has 4 rings (SSSR count). The Bertz CT molecular complexity index is 919. The molecule has 10 nitrogen and oxygen atoms in total. The summed E-state index contributed by atoms with van der Waals surface area (Å²) in [5.74, 6) is 1.08. The number of nitrogens with zero attached hydrogens (tertiary/aromatic N) is 7. The second kappa shape index (κ2) is 6.74. The SMILES string of the molecule is c1ccc(-n2nnnc2Oc2ccc(CNc3nn[nH]n3)cc2)cc1. The van der Waals surface area contributed by atoms with Crippen molar-refractivity contribution < 1.29 is 4.74 Å². The molecule has 4 aromatic rings. The minimum atomic E-state index is 0.295. The molecule has 0 saturated heterocycles. The lowest BCUT2D eigenvalue weighted by Gasteiger charge is -2.07. The first-order chi connectivity index (χ1) is 12.4. The zero-order valence-corrected chi connectivity index (χ0v) is 12.9. The number of ether oxygens (including phenoxy) is 1. The number of nitrogens with one attached hydrogen (secondary N) is 2. The first-order valence-corrected chi connectivity index (χ1v) is 7.46. The summed E-state index contributed by atoms with van der Waals surface area (Å²) in [7, 11) is 0. The summed E-state index contributed by atoms with van der Waals surface area (Å²) in [6, 6.07) is 17.4. The molecule has 2 heterocycles. The average Bonchev–Trinajstić information content (AvgIpc) is 3.34. The van der Waals surface area contributed by atoms with Gasteiger partial charge in [-0.2, -0.15) is 9.90 Å². The van der Waals surface area contributed by atoms with Crippen molar-refractivity contribution in [1.29, 1.82) is 0 Å². The monoisotopic (exact) mass is 335 g/mol. The molecule has 0 fully saturated rings. The normalized spacial score (nSPS) is 10.6. The lowest BCUT2D eigenvalue weighted by Crippen LogP contribution is -2.02. The van der Waals surface area contributed by atoms with Crippen molar-refractivity contribution in [3.63, 3.8) is 0 Å². The number of anilines is 1. The molecule has 0 saturated carbocycles. The highest BCUT2D eigenvalue weighted by atomic mass is 16.5. The molecule has 0 unspecified atom stereocenters. The van der Waals surface area contributed by atoms with Crippen LogP contribution in [0.25, 0.3) is 5.69 Å². The Labute approximate surface area is 141 Å². The minimum Gasteiger partial charge on any atom is -0.423 e. The molecule has 0 radical (unpaired) electrons. The smallest absolute Gasteiger partial charge is 0.345 e. The van der Waals surface area contributed by atoms with Crippen LogP contribution in [0, 0.1) is 0 Å². The highest BCUT2D eigenvalue weighted by Gasteiger charge is 2.10. The summed E-state index contributed by atoms with van der Waals surface area (Å²) in [5.41, 5.74) is 1.86. The number of benzene rings is 2. The number of hydrogen-bond donors (Lipinski definition) is 2. The summed E-state index contributed by atoms with van der Waals surface area (Å²) in [6.07, 6.45) is 0. The predicted molar refractivity (Wildman–Crippen MR) is 87.2 cm³/mol. The molecule has 2 aromatic heterocycles. The topological polar surface area (TPSA) is 119 Å². The maximum absolute atomic E-state index is 5.78. The number of rotatable bonds is 6. The van der Waals surface area contributed by atoms with Gasteiger partial charge in [0.05, 0.1) is 5.69 Å². The van der Waals surface area contributed by atoms with Crippen LogP contribution in [0.15, 0.2) is 54.6 Å². The van der Waals surface area contributed by atoms with Gasteiger partial charge in [0.15, 0.2) is 0 Å². The van der Waals surface area contributed by atoms with Gasteiger partial charge in [0, 0.05) is 6.54 Å². The highest BCUT2D eigenvalue weighted by Crippen LogP contribution is 2.21. The Morgan fingerprint density at radius 2 is 1.84 bits per heavy atom. The zero-order valence-electron chi connectivity index (χ0n) is 12.9.